The summed E-state index contributed by atoms with van der Waals surface area (Å²) in [4.78, 5) is 18.9. The normalized spacial score (nSPS) is 18.8. The maximum atomic E-state index is 12.6. The van der Waals surface area contributed by atoms with Gasteiger partial charge in [-0.05, 0) is 44.9 Å². The summed E-state index contributed by atoms with van der Waals surface area (Å²) >= 11 is 0. The van der Waals surface area contributed by atoms with Gasteiger partial charge in [0, 0.05) is 24.8 Å². The highest BCUT2D eigenvalue weighted by Crippen LogP contribution is 2.11. The Labute approximate surface area is 121 Å². The fourth-order valence-corrected chi connectivity index (χ4v) is 2.72. The second kappa shape index (κ2) is 7.39. The molecule has 0 bridgehead atoms. The summed E-state index contributed by atoms with van der Waals surface area (Å²) in [5.74, 6) is 0.0583. The highest BCUT2D eigenvalue weighted by atomic mass is 16.2. The highest BCUT2D eigenvalue weighted by molar-refractivity contribution is 5.92. The summed E-state index contributed by atoms with van der Waals surface area (Å²) in [6.07, 6.45) is 4.64. The van der Waals surface area contributed by atoms with E-state index in [-0.39, 0.29) is 5.91 Å². The van der Waals surface area contributed by atoms with Gasteiger partial charge in [-0.3, -0.25) is 4.79 Å². The molecule has 0 aromatic carbocycles. The lowest BCUT2D eigenvalue weighted by atomic mass is 10.0. The zero-order valence-corrected chi connectivity index (χ0v) is 12.6. The summed E-state index contributed by atoms with van der Waals surface area (Å²) < 4.78 is 0. The van der Waals surface area contributed by atoms with Crippen LogP contribution in [0.2, 0.25) is 0 Å². The molecular formula is C16H25N3O. The van der Waals surface area contributed by atoms with E-state index in [4.69, 9.17) is 0 Å². The number of nitrogens with zero attached hydrogens (tertiary/aromatic N) is 2. The van der Waals surface area contributed by atoms with Gasteiger partial charge in [0.15, 0.2) is 0 Å². The molecule has 1 amide bonds. The number of rotatable bonds is 5. The van der Waals surface area contributed by atoms with Crippen LogP contribution < -0.4 is 5.32 Å². The number of hydrogen-bond donors (Lipinski definition) is 1. The molecule has 2 heterocycles. The van der Waals surface area contributed by atoms with E-state index < -0.39 is 0 Å². The van der Waals surface area contributed by atoms with Crippen LogP contribution in [0.4, 0.5) is 0 Å². The van der Waals surface area contributed by atoms with E-state index in [2.05, 4.69) is 17.2 Å². The quantitative estimate of drug-likeness (QED) is 0.897. The van der Waals surface area contributed by atoms with Crippen LogP contribution in [0.1, 0.15) is 48.8 Å². The van der Waals surface area contributed by atoms with Crippen molar-refractivity contribution >= 4 is 5.91 Å². The monoisotopic (exact) mass is 275 g/mol. The first-order valence-corrected chi connectivity index (χ1v) is 7.67. The first-order valence-electron chi connectivity index (χ1n) is 7.67. The molecule has 1 aliphatic rings. The number of pyridine rings is 1. The minimum atomic E-state index is 0.0583. The lowest BCUT2D eigenvalue weighted by Gasteiger charge is -2.30. The summed E-state index contributed by atoms with van der Waals surface area (Å²) in [7, 11) is 0. The van der Waals surface area contributed by atoms with Crippen LogP contribution in [-0.2, 0) is 0 Å². The lowest BCUT2D eigenvalue weighted by Crippen LogP contribution is -2.46. The summed E-state index contributed by atoms with van der Waals surface area (Å²) in [6, 6.07) is 6.07. The second-order valence-electron chi connectivity index (χ2n) is 5.56. The Hall–Kier alpha value is -1.42. The zero-order chi connectivity index (χ0) is 14.4. The first kappa shape index (κ1) is 15.0. The number of carbonyl (C=O) groups is 1. The molecule has 1 aliphatic heterocycles. The molecule has 1 aromatic rings. The molecule has 0 radical (unpaired) electrons. The molecule has 1 saturated heterocycles. The minimum absolute atomic E-state index is 0.0583. The van der Waals surface area contributed by atoms with Crippen LogP contribution in [0, 0.1) is 6.92 Å². The van der Waals surface area contributed by atoms with Gasteiger partial charge in [-0.15, -0.1) is 0 Å². The van der Waals surface area contributed by atoms with Gasteiger partial charge >= 0.3 is 0 Å². The van der Waals surface area contributed by atoms with Crippen molar-refractivity contribution < 1.29 is 4.79 Å². The Morgan fingerprint density at radius 3 is 2.95 bits per heavy atom. The molecule has 2 rings (SSSR count). The van der Waals surface area contributed by atoms with Gasteiger partial charge in [0.2, 0.25) is 0 Å². The molecule has 1 unspecified atom stereocenters. The Morgan fingerprint density at radius 2 is 2.30 bits per heavy atom. The molecule has 1 N–H and O–H groups in total. The molecule has 0 aliphatic carbocycles. The van der Waals surface area contributed by atoms with Crippen LogP contribution in [0.3, 0.4) is 0 Å². The van der Waals surface area contributed by atoms with Crippen molar-refractivity contribution in [3.63, 3.8) is 0 Å². The third-order valence-electron chi connectivity index (χ3n) is 3.74. The van der Waals surface area contributed by atoms with Gasteiger partial charge in [0.05, 0.1) is 0 Å². The SMILES string of the molecule is CCCN(CC1CCCCN1)C(=O)c1cccc(C)n1. The van der Waals surface area contributed by atoms with Gasteiger partial charge in [0.25, 0.3) is 5.91 Å². The first-order chi connectivity index (χ1) is 9.70. The molecule has 1 aromatic heterocycles. The Kier molecular flexibility index (Phi) is 5.53. The number of amides is 1. The summed E-state index contributed by atoms with van der Waals surface area (Å²) in [6.45, 7) is 6.69. The molecular weight excluding hydrogens is 250 g/mol. The van der Waals surface area contributed by atoms with Gasteiger partial charge in [0.1, 0.15) is 5.69 Å². The van der Waals surface area contributed by atoms with E-state index >= 15 is 0 Å². The smallest absolute Gasteiger partial charge is 0.272 e. The van der Waals surface area contributed by atoms with Crippen molar-refractivity contribution in [1.29, 1.82) is 0 Å². The van der Waals surface area contributed by atoms with E-state index in [9.17, 15) is 4.79 Å². The average Bonchev–Trinajstić information content (AvgIpc) is 2.47. The molecule has 0 saturated carbocycles. The Morgan fingerprint density at radius 1 is 1.45 bits per heavy atom. The van der Waals surface area contributed by atoms with Crippen molar-refractivity contribution in [2.45, 2.75) is 45.6 Å². The predicted molar refractivity (Wildman–Crippen MR) is 80.8 cm³/mol. The number of aryl methyl sites for hydroxylation is 1. The van der Waals surface area contributed by atoms with Crippen LogP contribution >= 0.6 is 0 Å². The van der Waals surface area contributed by atoms with Crippen molar-refractivity contribution in [3.05, 3.63) is 29.6 Å². The molecule has 4 nitrogen and oxygen atoms in total. The van der Waals surface area contributed by atoms with Gasteiger partial charge in [-0.25, -0.2) is 4.98 Å². The van der Waals surface area contributed by atoms with E-state index in [0.29, 0.717) is 11.7 Å². The lowest BCUT2D eigenvalue weighted by molar-refractivity contribution is 0.0725. The van der Waals surface area contributed by atoms with Crippen LogP contribution in [0.5, 0.6) is 0 Å². The molecule has 20 heavy (non-hydrogen) atoms. The van der Waals surface area contributed by atoms with E-state index in [1.165, 1.54) is 12.8 Å². The third kappa shape index (κ3) is 4.04. The van der Waals surface area contributed by atoms with Crippen molar-refractivity contribution in [2.24, 2.45) is 0 Å². The molecule has 4 heteroatoms. The largest absolute Gasteiger partial charge is 0.336 e. The maximum absolute atomic E-state index is 12.6. The number of piperidine rings is 1. The number of nitrogens with one attached hydrogen (secondary N) is 1. The number of carbonyl (C=O) groups excluding carboxylic acids is 1. The third-order valence-corrected chi connectivity index (χ3v) is 3.74. The highest BCUT2D eigenvalue weighted by Gasteiger charge is 2.21. The minimum Gasteiger partial charge on any atom is -0.336 e. The van der Waals surface area contributed by atoms with Gasteiger partial charge < -0.3 is 10.2 Å². The topological polar surface area (TPSA) is 45.2 Å². The predicted octanol–water partition coefficient (Wildman–Crippen LogP) is 2.38. The fraction of sp³-hybridized carbons (Fsp3) is 0.625. The second-order valence-corrected chi connectivity index (χ2v) is 5.56. The zero-order valence-electron chi connectivity index (χ0n) is 12.6. The van der Waals surface area contributed by atoms with E-state index in [1.807, 2.05) is 30.0 Å². The van der Waals surface area contributed by atoms with Gasteiger partial charge in [-0.1, -0.05) is 19.4 Å². The van der Waals surface area contributed by atoms with Gasteiger partial charge in [-0.2, -0.15) is 0 Å². The van der Waals surface area contributed by atoms with E-state index in [0.717, 1.165) is 38.2 Å². The number of hydrogen-bond acceptors (Lipinski definition) is 3. The van der Waals surface area contributed by atoms with Crippen LogP contribution in [0.25, 0.3) is 0 Å². The van der Waals surface area contributed by atoms with Crippen LogP contribution in [-0.4, -0.2) is 41.5 Å². The maximum Gasteiger partial charge on any atom is 0.272 e. The van der Waals surface area contributed by atoms with Crippen molar-refractivity contribution in [1.82, 2.24) is 15.2 Å². The Bertz CT molecular complexity index is 441. The van der Waals surface area contributed by atoms with Crippen LogP contribution in [0.15, 0.2) is 18.2 Å². The average molecular weight is 275 g/mol. The summed E-state index contributed by atoms with van der Waals surface area (Å²) in [5.41, 5.74) is 1.46. The standard InChI is InChI=1S/C16H25N3O/c1-3-11-19(12-14-8-4-5-10-17-14)16(20)15-9-6-7-13(2)18-15/h6-7,9,14,17H,3-5,8,10-12H2,1-2H3. The Balaban J connectivity index is 2.04. The molecule has 1 fully saturated rings. The number of aromatic nitrogens is 1. The van der Waals surface area contributed by atoms with Crippen molar-refractivity contribution in [2.75, 3.05) is 19.6 Å². The molecule has 0 spiro atoms. The molecule has 110 valence electrons. The summed E-state index contributed by atoms with van der Waals surface area (Å²) in [5, 5.41) is 3.51. The van der Waals surface area contributed by atoms with E-state index in [1.54, 1.807) is 0 Å². The fourth-order valence-electron chi connectivity index (χ4n) is 2.72. The van der Waals surface area contributed by atoms with Crippen molar-refractivity contribution in [3.8, 4) is 0 Å². The molecule has 1 atom stereocenters.